The maximum absolute atomic E-state index is 11.2. The Morgan fingerprint density at radius 1 is 1.39 bits per heavy atom. The number of aliphatic carboxylic acids is 1. The van der Waals surface area contributed by atoms with Gasteiger partial charge < -0.3 is 14.9 Å². The molecule has 2 unspecified atom stereocenters. The van der Waals surface area contributed by atoms with Crippen molar-refractivity contribution in [2.75, 3.05) is 7.11 Å². The molecule has 0 saturated carbocycles. The van der Waals surface area contributed by atoms with E-state index in [1.165, 1.54) is 32.2 Å². The summed E-state index contributed by atoms with van der Waals surface area (Å²) >= 11 is 5.88. The number of carbonyl (C=O) groups excluding carboxylic acids is 1. The molecule has 2 atom stereocenters. The normalized spacial score (nSPS) is 13.8. The summed E-state index contributed by atoms with van der Waals surface area (Å²) < 4.78 is 4.99. The van der Waals surface area contributed by atoms with E-state index in [0.29, 0.717) is 5.56 Å². The first-order chi connectivity index (χ1) is 8.38. The van der Waals surface area contributed by atoms with Crippen molar-refractivity contribution in [1.82, 2.24) is 0 Å². The van der Waals surface area contributed by atoms with Crippen molar-refractivity contribution in [2.24, 2.45) is 0 Å². The number of carbonyl (C=O) groups is 2. The zero-order valence-corrected chi connectivity index (χ0v) is 10.6. The van der Waals surface area contributed by atoms with Gasteiger partial charge in [0.05, 0.1) is 7.11 Å². The molecular formula is C12H13ClO5. The number of ether oxygens (including phenoxy) is 1. The molecule has 1 rings (SSSR count). The molecule has 0 bridgehead atoms. The third kappa shape index (κ3) is 3.00. The number of ketones is 1. The van der Waals surface area contributed by atoms with Crippen molar-refractivity contribution < 1.29 is 24.5 Å². The summed E-state index contributed by atoms with van der Waals surface area (Å²) in [6, 6.07) is 4.31. The fraction of sp³-hybridized carbons (Fsp3) is 0.333. The van der Waals surface area contributed by atoms with Gasteiger partial charge in [0, 0.05) is 5.56 Å². The lowest BCUT2D eigenvalue weighted by Gasteiger charge is -2.14. The minimum absolute atomic E-state index is 0.112. The Labute approximate surface area is 109 Å². The second-order valence-electron chi connectivity index (χ2n) is 3.72. The minimum Gasteiger partial charge on any atom is -0.496 e. The van der Waals surface area contributed by atoms with Crippen molar-refractivity contribution >= 4 is 23.4 Å². The molecule has 0 aliphatic rings. The van der Waals surface area contributed by atoms with E-state index in [9.17, 15) is 14.7 Å². The Hall–Kier alpha value is -1.59. The summed E-state index contributed by atoms with van der Waals surface area (Å²) in [5, 5.41) is 17.4. The SMILES string of the molecule is COc1cc(C(Cl)C(C)=O)ccc1C(O)C(=O)O. The van der Waals surface area contributed by atoms with E-state index in [0.717, 1.165) is 0 Å². The van der Waals surface area contributed by atoms with Crippen LogP contribution in [0.4, 0.5) is 0 Å². The summed E-state index contributed by atoms with van der Waals surface area (Å²) in [7, 11) is 1.34. The molecule has 1 aromatic carbocycles. The lowest BCUT2D eigenvalue weighted by Crippen LogP contribution is -2.12. The molecule has 1 aromatic rings. The third-order valence-electron chi connectivity index (χ3n) is 2.44. The Kier molecular flexibility index (Phi) is 4.69. The fourth-order valence-electron chi connectivity index (χ4n) is 1.48. The van der Waals surface area contributed by atoms with Crippen LogP contribution in [0.5, 0.6) is 5.75 Å². The Balaban J connectivity index is 3.19. The van der Waals surface area contributed by atoms with E-state index in [-0.39, 0.29) is 17.1 Å². The number of carboxylic acids is 1. The van der Waals surface area contributed by atoms with Crippen molar-refractivity contribution in [1.29, 1.82) is 0 Å². The van der Waals surface area contributed by atoms with Gasteiger partial charge in [0.25, 0.3) is 0 Å². The molecule has 0 heterocycles. The van der Waals surface area contributed by atoms with Crippen LogP contribution in [0.2, 0.25) is 0 Å². The van der Waals surface area contributed by atoms with Gasteiger partial charge >= 0.3 is 5.97 Å². The zero-order chi connectivity index (χ0) is 13.9. The molecule has 0 aliphatic carbocycles. The van der Waals surface area contributed by atoms with Crippen molar-refractivity contribution in [3.8, 4) is 5.75 Å². The Bertz CT molecular complexity index is 472. The van der Waals surface area contributed by atoms with E-state index < -0.39 is 17.5 Å². The summed E-state index contributed by atoms with van der Waals surface area (Å²) in [6.45, 7) is 1.35. The molecule has 0 amide bonds. The number of hydrogen-bond donors (Lipinski definition) is 2. The molecule has 0 saturated heterocycles. The van der Waals surface area contributed by atoms with Crippen molar-refractivity contribution in [3.63, 3.8) is 0 Å². The highest BCUT2D eigenvalue weighted by atomic mass is 35.5. The van der Waals surface area contributed by atoms with Crippen LogP contribution >= 0.6 is 11.6 Å². The molecular weight excluding hydrogens is 260 g/mol. The van der Waals surface area contributed by atoms with Gasteiger partial charge in [0.1, 0.15) is 11.1 Å². The van der Waals surface area contributed by atoms with E-state index in [1.54, 1.807) is 0 Å². The first-order valence-corrected chi connectivity index (χ1v) is 5.55. The van der Waals surface area contributed by atoms with Gasteiger partial charge in [0.15, 0.2) is 11.9 Å². The average Bonchev–Trinajstić information content (AvgIpc) is 2.35. The van der Waals surface area contributed by atoms with Gasteiger partial charge in [-0.2, -0.15) is 0 Å². The van der Waals surface area contributed by atoms with Crippen molar-refractivity contribution in [2.45, 2.75) is 18.4 Å². The van der Waals surface area contributed by atoms with E-state index in [1.807, 2.05) is 0 Å². The predicted octanol–water partition coefficient (Wildman–Crippen LogP) is 1.68. The number of hydrogen-bond acceptors (Lipinski definition) is 4. The maximum Gasteiger partial charge on any atom is 0.337 e. The number of aliphatic hydroxyl groups is 1. The van der Waals surface area contributed by atoms with Gasteiger partial charge in [0.2, 0.25) is 0 Å². The second-order valence-corrected chi connectivity index (χ2v) is 4.15. The molecule has 0 aliphatic heterocycles. The molecule has 0 radical (unpaired) electrons. The standard InChI is InChI=1S/C12H13ClO5/c1-6(14)10(13)7-3-4-8(9(5-7)18-2)11(15)12(16)17/h3-5,10-11,15H,1-2H3,(H,16,17). The molecule has 18 heavy (non-hydrogen) atoms. The number of aliphatic hydroxyl groups excluding tert-OH is 1. The summed E-state index contributed by atoms with van der Waals surface area (Å²) in [4.78, 5) is 21.9. The fourth-order valence-corrected chi connectivity index (χ4v) is 1.61. The maximum atomic E-state index is 11.2. The van der Waals surface area contributed by atoms with Crippen LogP contribution in [0, 0.1) is 0 Å². The second kappa shape index (κ2) is 5.84. The van der Waals surface area contributed by atoms with Gasteiger partial charge in [-0.05, 0) is 18.6 Å². The first-order valence-electron chi connectivity index (χ1n) is 5.11. The lowest BCUT2D eigenvalue weighted by molar-refractivity contribution is -0.147. The van der Waals surface area contributed by atoms with Gasteiger partial charge in [-0.1, -0.05) is 12.1 Å². The molecule has 0 fully saturated rings. The highest BCUT2D eigenvalue weighted by molar-refractivity contribution is 6.30. The van der Waals surface area contributed by atoms with E-state index >= 15 is 0 Å². The van der Waals surface area contributed by atoms with Crippen LogP contribution < -0.4 is 4.74 Å². The molecule has 0 spiro atoms. The number of rotatable bonds is 5. The highest BCUT2D eigenvalue weighted by Crippen LogP contribution is 2.31. The first kappa shape index (κ1) is 14.5. The van der Waals surface area contributed by atoms with Crippen LogP contribution in [0.25, 0.3) is 0 Å². The number of Topliss-reactive ketones (excluding diaryl/α,β-unsaturated/α-hetero) is 1. The molecule has 5 nitrogen and oxygen atoms in total. The lowest BCUT2D eigenvalue weighted by atomic mass is 10.0. The Morgan fingerprint density at radius 3 is 2.44 bits per heavy atom. The number of methoxy groups -OCH3 is 1. The zero-order valence-electron chi connectivity index (χ0n) is 9.88. The Morgan fingerprint density at radius 2 is 2.00 bits per heavy atom. The summed E-state index contributed by atoms with van der Waals surface area (Å²) in [5.74, 6) is -1.44. The largest absolute Gasteiger partial charge is 0.496 e. The average molecular weight is 273 g/mol. The van der Waals surface area contributed by atoms with Gasteiger partial charge in [-0.25, -0.2) is 4.79 Å². The van der Waals surface area contributed by atoms with Gasteiger partial charge in [-0.3, -0.25) is 4.79 Å². The highest BCUT2D eigenvalue weighted by Gasteiger charge is 2.22. The summed E-state index contributed by atoms with van der Waals surface area (Å²) in [6.07, 6.45) is -1.68. The number of carboxylic acid groups (broad SMARTS) is 1. The quantitative estimate of drug-likeness (QED) is 0.797. The van der Waals surface area contributed by atoms with E-state index in [4.69, 9.17) is 21.4 Å². The summed E-state index contributed by atoms with van der Waals surface area (Å²) in [5.41, 5.74) is 0.600. The third-order valence-corrected chi connectivity index (χ3v) is 2.99. The molecule has 2 N–H and O–H groups in total. The van der Waals surface area contributed by atoms with Crippen LogP contribution in [0.15, 0.2) is 18.2 Å². The smallest absolute Gasteiger partial charge is 0.337 e. The molecule has 0 aromatic heterocycles. The van der Waals surface area contributed by atoms with Crippen LogP contribution in [0.1, 0.15) is 29.5 Å². The topological polar surface area (TPSA) is 83.8 Å². The van der Waals surface area contributed by atoms with Crippen LogP contribution in [0.3, 0.4) is 0 Å². The number of halogens is 1. The van der Waals surface area contributed by atoms with Crippen LogP contribution in [-0.4, -0.2) is 29.1 Å². The minimum atomic E-state index is -1.68. The monoisotopic (exact) mass is 272 g/mol. The predicted molar refractivity (Wildman–Crippen MR) is 64.9 cm³/mol. The van der Waals surface area contributed by atoms with Gasteiger partial charge in [-0.15, -0.1) is 11.6 Å². The number of alkyl halides is 1. The van der Waals surface area contributed by atoms with Crippen molar-refractivity contribution in [3.05, 3.63) is 29.3 Å². The molecule has 6 heteroatoms. The van der Waals surface area contributed by atoms with Crippen LogP contribution in [-0.2, 0) is 9.59 Å². The van der Waals surface area contributed by atoms with E-state index in [2.05, 4.69) is 0 Å². The number of benzene rings is 1. The molecule has 98 valence electrons.